The van der Waals surface area contributed by atoms with Gasteiger partial charge in [0.25, 0.3) is 0 Å². The largest absolute Gasteiger partial charge is 0.350 e. The van der Waals surface area contributed by atoms with Crippen LogP contribution in [0.5, 0.6) is 0 Å². The normalized spacial score (nSPS) is 17.3. The third kappa shape index (κ3) is 6.29. The number of likely N-dealkylation sites (tertiary alicyclic amines) is 1. The van der Waals surface area contributed by atoms with E-state index in [9.17, 15) is 13.2 Å². The molecule has 0 spiro atoms. The molecule has 200 valence electrons. The van der Waals surface area contributed by atoms with Gasteiger partial charge in [-0.2, -0.15) is 10.2 Å². The molecular formula is C27H36F3N7. The van der Waals surface area contributed by atoms with Gasteiger partial charge in [0.05, 0.1) is 11.2 Å². The molecule has 1 aromatic carbocycles. The molecule has 37 heavy (non-hydrogen) atoms. The van der Waals surface area contributed by atoms with E-state index in [0.717, 1.165) is 59.9 Å². The number of piperidine rings is 1. The highest BCUT2D eigenvalue weighted by atomic mass is 19.3. The summed E-state index contributed by atoms with van der Waals surface area (Å²) in [6.07, 6.45) is 6.12. The van der Waals surface area contributed by atoms with Crippen molar-refractivity contribution in [1.29, 1.82) is 0 Å². The molecule has 0 radical (unpaired) electrons. The van der Waals surface area contributed by atoms with E-state index in [4.69, 9.17) is 10.1 Å². The highest BCUT2D eigenvalue weighted by Gasteiger charge is 2.29. The topological polar surface area (TPSA) is 70.2 Å². The highest BCUT2D eigenvalue weighted by Crippen LogP contribution is 2.33. The van der Waals surface area contributed by atoms with E-state index < -0.39 is 6.43 Å². The fraction of sp³-hybridized carbons (Fsp3) is 0.556. The van der Waals surface area contributed by atoms with E-state index in [1.54, 1.807) is 0 Å². The Balaban J connectivity index is 0.000000586. The summed E-state index contributed by atoms with van der Waals surface area (Å²) < 4.78 is 38.0. The molecule has 5 rings (SSSR count). The van der Waals surface area contributed by atoms with E-state index in [1.807, 2.05) is 36.7 Å². The number of fused-ring (bicyclic) bond motifs is 1. The summed E-state index contributed by atoms with van der Waals surface area (Å²) in [6.45, 7) is 7.57. The number of hydrogen-bond donors (Lipinski definition) is 1. The van der Waals surface area contributed by atoms with Gasteiger partial charge in [-0.15, -0.1) is 5.10 Å². The lowest BCUT2D eigenvalue weighted by atomic mass is 9.89. The first kappa shape index (κ1) is 27.0. The molecule has 3 aromatic rings. The number of benzene rings is 1. The molecule has 0 atom stereocenters. The van der Waals surface area contributed by atoms with Gasteiger partial charge in [0.1, 0.15) is 5.69 Å². The Bertz CT molecular complexity index is 1210. The maximum atomic E-state index is 14.6. The molecule has 2 fully saturated rings. The van der Waals surface area contributed by atoms with Gasteiger partial charge in [-0.3, -0.25) is 0 Å². The lowest BCUT2D eigenvalue weighted by molar-refractivity contribution is 0.101. The van der Waals surface area contributed by atoms with Crippen molar-refractivity contribution in [3.63, 3.8) is 0 Å². The van der Waals surface area contributed by atoms with Crippen LogP contribution in [-0.4, -0.2) is 58.1 Å². The quantitative estimate of drug-likeness (QED) is 0.361. The van der Waals surface area contributed by atoms with Crippen molar-refractivity contribution in [2.24, 2.45) is 10.2 Å². The predicted molar refractivity (Wildman–Crippen MR) is 140 cm³/mol. The van der Waals surface area contributed by atoms with E-state index in [2.05, 4.69) is 20.4 Å². The maximum absolute atomic E-state index is 14.6. The zero-order valence-corrected chi connectivity index (χ0v) is 22.0. The van der Waals surface area contributed by atoms with E-state index in [0.29, 0.717) is 12.0 Å². The van der Waals surface area contributed by atoms with Crippen LogP contribution in [0.1, 0.15) is 56.7 Å². The molecule has 1 saturated heterocycles. The van der Waals surface area contributed by atoms with Gasteiger partial charge in [-0.1, -0.05) is 13.3 Å². The molecule has 0 unspecified atom stereocenters. The number of aromatic nitrogens is 3. The SMILES string of the molecule is CCC(F)F.CN=Nc1c(C)cc(-c2ccn3nc(NC4CCN(C5CCC5)CC4)nc(C)c23)cc1F. The minimum Gasteiger partial charge on any atom is -0.350 e. The molecule has 10 heteroatoms. The third-order valence-corrected chi connectivity index (χ3v) is 7.21. The number of nitrogens with one attached hydrogen (secondary N) is 1. The monoisotopic (exact) mass is 515 g/mol. The van der Waals surface area contributed by atoms with Crippen molar-refractivity contribution in [2.45, 2.75) is 77.8 Å². The van der Waals surface area contributed by atoms with Gasteiger partial charge in [0.2, 0.25) is 12.4 Å². The van der Waals surface area contributed by atoms with Crippen molar-refractivity contribution < 1.29 is 13.2 Å². The summed E-state index contributed by atoms with van der Waals surface area (Å²) in [5.74, 6) is 0.273. The third-order valence-electron chi connectivity index (χ3n) is 7.21. The van der Waals surface area contributed by atoms with Crippen LogP contribution in [0.25, 0.3) is 16.6 Å². The maximum Gasteiger partial charge on any atom is 0.241 e. The molecule has 1 aliphatic heterocycles. The fourth-order valence-electron chi connectivity index (χ4n) is 4.96. The van der Waals surface area contributed by atoms with Crippen LogP contribution in [0.4, 0.5) is 24.8 Å². The van der Waals surface area contributed by atoms with Gasteiger partial charge < -0.3 is 10.2 Å². The first-order valence-electron chi connectivity index (χ1n) is 13.1. The molecule has 1 aliphatic carbocycles. The number of hydrogen-bond acceptors (Lipinski definition) is 6. The van der Waals surface area contributed by atoms with Gasteiger partial charge in [0.15, 0.2) is 5.82 Å². The number of azo groups is 1. The highest BCUT2D eigenvalue weighted by molar-refractivity contribution is 5.83. The van der Waals surface area contributed by atoms with E-state index in [-0.39, 0.29) is 17.9 Å². The summed E-state index contributed by atoms with van der Waals surface area (Å²) >= 11 is 0. The van der Waals surface area contributed by atoms with Crippen molar-refractivity contribution in [3.8, 4) is 11.1 Å². The minimum absolute atomic E-state index is 0.0278. The predicted octanol–water partition coefficient (Wildman–Crippen LogP) is 6.96. The van der Waals surface area contributed by atoms with Crippen LogP contribution in [0.2, 0.25) is 0 Å². The summed E-state index contributed by atoms with van der Waals surface area (Å²) in [7, 11) is 1.54. The number of rotatable bonds is 6. The molecule has 0 amide bonds. The van der Waals surface area contributed by atoms with Crippen LogP contribution in [-0.2, 0) is 0 Å². The van der Waals surface area contributed by atoms with Gasteiger partial charge >= 0.3 is 0 Å². The van der Waals surface area contributed by atoms with Gasteiger partial charge in [-0.25, -0.2) is 22.7 Å². The molecular weight excluding hydrogens is 479 g/mol. The lowest BCUT2D eigenvalue weighted by Gasteiger charge is -2.41. The standard InChI is InChI=1S/C24H30FN7.C3H6F2/c1-15-13-17(14-21(25)22(15)29-26-3)20-9-12-32-23(20)16(2)27-24(30-32)28-18-7-10-31(11-8-18)19-5-4-6-19;1-2-3(4)5/h9,12-14,18-19H,4-8,10-11H2,1-3H3,(H,28,30);3H,2H2,1H3. The summed E-state index contributed by atoms with van der Waals surface area (Å²) in [5, 5.41) is 15.9. The molecule has 7 nitrogen and oxygen atoms in total. The average molecular weight is 516 g/mol. The first-order valence-corrected chi connectivity index (χ1v) is 13.1. The molecule has 0 bridgehead atoms. The second-order valence-corrected chi connectivity index (χ2v) is 9.81. The zero-order chi connectivity index (χ0) is 26.5. The second kappa shape index (κ2) is 12.0. The van der Waals surface area contributed by atoms with E-state index >= 15 is 0 Å². The number of aryl methyl sites for hydroxylation is 2. The Morgan fingerprint density at radius 1 is 1.14 bits per heavy atom. The van der Waals surface area contributed by atoms with Gasteiger partial charge in [0, 0.05) is 50.4 Å². The van der Waals surface area contributed by atoms with Crippen LogP contribution >= 0.6 is 0 Å². The van der Waals surface area contributed by atoms with Crippen molar-refractivity contribution in [2.75, 3.05) is 25.5 Å². The minimum atomic E-state index is -2.12. The van der Waals surface area contributed by atoms with Crippen molar-refractivity contribution in [1.82, 2.24) is 19.5 Å². The van der Waals surface area contributed by atoms with E-state index in [1.165, 1.54) is 39.3 Å². The molecule has 3 heterocycles. The number of alkyl halides is 2. The Kier molecular flexibility index (Phi) is 8.79. The number of halogens is 3. The molecule has 1 N–H and O–H groups in total. The van der Waals surface area contributed by atoms with Crippen LogP contribution in [0, 0.1) is 19.7 Å². The zero-order valence-electron chi connectivity index (χ0n) is 22.0. The summed E-state index contributed by atoms with van der Waals surface area (Å²) in [6, 6.07) is 6.62. The average Bonchev–Trinajstić information content (AvgIpc) is 3.26. The number of anilines is 1. The van der Waals surface area contributed by atoms with Crippen molar-refractivity contribution >= 4 is 17.2 Å². The molecule has 1 saturated carbocycles. The summed E-state index contributed by atoms with van der Waals surface area (Å²) in [4.78, 5) is 7.39. The smallest absolute Gasteiger partial charge is 0.241 e. The number of nitrogens with zero attached hydrogens (tertiary/aromatic N) is 6. The molecule has 2 aliphatic rings. The van der Waals surface area contributed by atoms with Crippen LogP contribution < -0.4 is 5.32 Å². The lowest BCUT2D eigenvalue weighted by Crippen LogP contribution is -2.47. The Labute approximate surface area is 216 Å². The molecule has 2 aromatic heterocycles. The Morgan fingerprint density at radius 3 is 2.41 bits per heavy atom. The van der Waals surface area contributed by atoms with Crippen LogP contribution in [0.15, 0.2) is 34.6 Å². The van der Waals surface area contributed by atoms with Crippen LogP contribution in [0.3, 0.4) is 0 Å². The summed E-state index contributed by atoms with van der Waals surface area (Å²) in [5.41, 5.74) is 4.47. The van der Waals surface area contributed by atoms with Gasteiger partial charge in [-0.05, 0) is 68.9 Å². The fourth-order valence-corrected chi connectivity index (χ4v) is 4.96. The van der Waals surface area contributed by atoms with Crippen molar-refractivity contribution in [3.05, 3.63) is 41.5 Å². The Morgan fingerprint density at radius 2 is 1.84 bits per heavy atom. The second-order valence-electron chi connectivity index (χ2n) is 9.81. The Hall–Kier alpha value is -3.01. The first-order chi connectivity index (χ1) is 17.8.